The molecule has 0 spiro atoms. The number of benzene rings is 1. The van der Waals surface area contributed by atoms with Gasteiger partial charge in [0.1, 0.15) is 0 Å². The Morgan fingerprint density at radius 3 is 2.70 bits per heavy atom. The molecule has 0 saturated heterocycles. The molecule has 1 aromatic carbocycles. The molecule has 4 aromatic rings. The fourth-order valence-corrected chi connectivity index (χ4v) is 4.31. The highest BCUT2D eigenvalue weighted by molar-refractivity contribution is 7.16. The van der Waals surface area contributed by atoms with Crippen LogP contribution in [-0.2, 0) is 12.8 Å². The summed E-state index contributed by atoms with van der Waals surface area (Å²) < 4.78 is 5.75. The van der Waals surface area contributed by atoms with Crippen molar-refractivity contribution in [2.24, 2.45) is 0 Å². The third kappa shape index (κ3) is 3.84. The number of carbonyl (C=O) groups excluding carboxylic acids is 1. The summed E-state index contributed by atoms with van der Waals surface area (Å²) >= 11 is 2.92. The summed E-state index contributed by atoms with van der Waals surface area (Å²) in [7, 11) is 0. The second-order valence-electron chi connectivity index (χ2n) is 6.16. The molecule has 136 valence electrons. The van der Waals surface area contributed by atoms with E-state index in [0.717, 1.165) is 16.8 Å². The number of aryl methyl sites for hydroxylation is 3. The number of carbonyl (C=O) groups is 1. The summed E-state index contributed by atoms with van der Waals surface area (Å²) in [6.45, 7) is 1.88. The van der Waals surface area contributed by atoms with Crippen molar-refractivity contribution in [2.75, 3.05) is 5.32 Å². The number of hydrogen-bond acceptors (Lipinski definition) is 6. The van der Waals surface area contributed by atoms with Crippen LogP contribution in [0.15, 0.2) is 55.7 Å². The number of anilines is 1. The lowest BCUT2D eigenvalue weighted by Crippen LogP contribution is -2.11. The summed E-state index contributed by atoms with van der Waals surface area (Å²) in [5.41, 5.74) is 3.16. The van der Waals surface area contributed by atoms with E-state index in [1.807, 2.05) is 47.3 Å². The van der Waals surface area contributed by atoms with Gasteiger partial charge in [-0.05, 0) is 53.4 Å². The Balaban J connectivity index is 1.41. The van der Waals surface area contributed by atoms with E-state index in [9.17, 15) is 9.59 Å². The SMILES string of the molecule is Cc1csc2oc(CCc3ccc(NC(=O)c4ccsc4)cc3)nc(=O)c12. The molecule has 27 heavy (non-hydrogen) atoms. The molecule has 0 radical (unpaired) electrons. The molecule has 0 unspecified atom stereocenters. The second-order valence-corrected chi connectivity index (χ2v) is 7.78. The second kappa shape index (κ2) is 7.46. The van der Waals surface area contributed by atoms with Crippen LogP contribution in [0.25, 0.3) is 10.3 Å². The Kier molecular flexibility index (Phi) is 4.87. The van der Waals surface area contributed by atoms with E-state index in [1.54, 1.807) is 6.07 Å². The number of rotatable bonds is 5. The molecule has 0 atom stereocenters. The van der Waals surface area contributed by atoms with Crippen molar-refractivity contribution in [3.05, 3.63) is 79.4 Å². The van der Waals surface area contributed by atoms with E-state index in [2.05, 4.69) is 10.3 Å². The molecular weight excluding hydrogens is 380 g/mol. The Morgan fingerprint density at radius 2 is 1.96 bits per heavy atom. The molecule has 3 heterocycles. The summed E-state index contributed by atoms with van der Waals surface area (Å²) in [5, 5.41) is 9.05. The van der Waals surface area contributed by atoms with Gasteiger partial charge in [-0.2, -0.15) is 16.3 Å². The van der Waals surface area contributed by atoms with Crippen LogP contribution in [0, 0.1) is 6.92 Å². The zero-order valence-corrected chi connectivity index (χ0v) is 16.2. The number of hydrogen-bond donors (Lipinski definition) is 1. The molecule has 0 bridgehead atoms. The molecule has 0 fully saturated rings. The molecule has 0 aliphatic carbocycles. The van der Waals surface area contributed by atoms with Crippen molar-refractivity contribution in [3.8, 4) is 0 Å². The first kappa shape index (κ1) is 17.6. The molecule has 7 heteroatoms. The highest BCUT2D eigenvalue weighted by atomic mass is 32.1. The molecule has 5 nitrogen and oxygen atoms in total. The van der Waals surface area contributed by atoms with Gasteiger partial charge in [-0.15, -0.1) is 11.3 Å². The lowest BCUT2D eigenvalue weighted by Gasteiger charge is -2.06. The van der Waals surface area contributed by atoms with Gasteiger partial charge in [0.05, 0.1) is 10.9 Å². The summed E-state index contributed by atoms with van der Waals surface area (Å²) in [6, 6.07) is 9.44. The lowest BCUT2D eigenvalue weighted by atomic mass is 10.1. The van der Waals surface area contributed by atoms with E-state index in [4.69, 9.17) is 4.42 Å². The van der Waals surface area contributed by atoms with Crippen molar-refractivity contribution in [3.63, 3.8) is 0 Å². The largest absolute Gasteiger partial charge is 0.431 e. The van der Waals surface area contributed by atoms with Crippen molar-refractivity contribution in [2.45, 2.75) is 19.8 Å². The van der Waals surface area contributed by atoms with E-state index < -0.39 is 0 Å². The topological polar surface area (TPSA) is 72.2 Å². The van der Waals surface area contributed by atoms with Crippen molar-refractivity contribution >= 4 is 44.6 Å². The third-order valence-corrected chi connectivity index (χ3v) is 5.87. The summed E-state index contributed by atoms with van der Waals surface area (Å²) in [6.07, 6.45) is 1.24. The van der Waals surface area contributed by atoms with Crippen molar-refractivity contribution in [1.82, 2.24) is 4.98 Å². The minimum atomic E-state index is -0.225. The van der Waals surface area contributed by atoms with Crippen LogP contribution in [0.3, 0.4) is 0 Å². The third-order valence-electron chi connectivity index (χ3n) is 4.21. The van der Waals surface area contributed by atoms with Crippen LogP contribution in [0.5, 0.6) is 0 Å². The molecule has 1 amide bonds. The van der Waals surface area contributed by atoms with Crippen LogP contribution < -0.4 is 10.9 Å². The lowest BCUT2D eigenvalue weighted by molar-refractivity contribution is 0.102. The predicted molar refractivity (Wildman–Crippen MR) is 109 cm³/mol. The molecule has 3 aromatic heterocycles. The van der Waals surface area contributed by atoms with Gasteiger partial charge in [-0.1, -0.05) is 12.1 Å². The number of amides is 1. The Bertz CT molecular complexity index is 1140. The summed E-state index contributed by atoms with van der Waals surface area (Å²) in [5.74, 6) is 0.332. The van der Waals surface area contributed by atoms with Gasteiger partial charge >= 0.3 is 0 Å². The normalized spacial score (nSPS) is 11.0. The Hall–Kier alpha value is -2.77. The van der Waals surface area contributed by atoms with Gasteiger partial charge in [0.15, 0.2) is 10.8 Å². The van der Waals surface area contributed by atoms with Gasteiger partial charge in [0.25, 0.3) is 11.5 Å². The minimum Gasteiger partial charge on any atom is -0.431 e. The number of aromatic nitrogens is 1. The van der Waals surface area contributed by atoms with E-state index in [-0.39, 0.29) is 11.5 Å². The first-order valence-corrected chi connectivity index (χ1v) is 10.2. The molecule has 4 rings (SSSR count). The number of nitrogens with one attached hydrogen (secondary N) is 1. The van der Waals surface area contributed by atoms with E-state index in [0.29, 0.717) is 34.6 Å². The quantitative estimate of drug-likeness (QED) is 0.533. The van der Waals surface area contributed by atoms with E-state index in [1.165, 1.54) is 22.7 Å². The molecule has 0 aliphatic rings. The fraction of sp³-hybridized carbons (Fsp3) is 0.150. The van der Waals surface area contributed by atoms with Gasteiger partial charge in [-0.3, -0.25) is 9.59 Å². The van der Waals surface area contributed by atoms with Crippen molar-refractivity contribution in [1.29, 1.82) is 0 Å². The number of fused-ring (bicyclic) bond motifs is 1. The fourth-order valence-electron chi connectivity index (χ4n) is 2.76. The highest BCUT2D eigenvalue weighted by Crippen LogP contribution is 2.23. The highest BCUT2D eigenvalue weighted by Gasteiger charge is 2.11. The maximum atomic E-state index is 12.1. The first-order valence-electron chi connectivity index (χ1n) is 8.40. The Labute approximate surface area is 163 Å². The molecule has 0 saturated carbocycles. The first-order chi connectivity index (χ1) is 13.1. The minimum absolute atomic E-state index is 0.116. The van der Waals surface area contributed by atoms with Gasteiger partial charge < -0.3 is 9.73 Å². The standard InChI is InChI=1S/C20H16N2O3S2/c1-12-10-27-20-17(12)19(24)22-16(25-20)7-4-13-2-5-15(6-3-13)21-18(23)14-8-9-26-11-14/h2-3,5-6,8-11H,4,7H2,1H3,(H,21,23). The number of nitrogens with zero attached hydrogens (tertiary/aromatic N) is 1. The molecule has 1 N–H and O–H groups in total. The van der Waals surface area contributed by atoms with Crippen LogP contribution in [-0.4, -0.2) is 10.9 Å². The van der Waals surface area contributed by atoms with Crippen molar-refractivity contribution < 1.29 is 9.21 Å². The molecule has 0 aliphatic heterocycles. The van der Waals surface area contributed by atoms with Gasteiger partial charge in [0.2, 0.25) is 0 Å². The summed E-state index contributed by atoms with van der Waals surface area (Å²) in [4.78, 5) is 28.9. The average molecular weight is 396 g/mol. The van der Waals surface area contributed by atoms with Crippen LogP contribution in [0.1, 0.15) is 27.4 Å². The zero-order chi connectivity index (χ0) is 18.8. The monoisotopic (exact) mass is 396 g/mol. The predicted octanol–water partition coefficient (Wildman–Crippen LogP) is 4.66. The maximum absolute atomic E-state index is 12.1. The van der Waals surface area contributed by atoms with Crippen LogP contribution in [0.2, 0.25) is 0 Å². The van der Waals surface area contributed by atoms with Gasteiger partial charge in [-0.25, -0.2) is 0 Å². The van der Waals surface area contributed by atoms with E-state index >= 15 is 0 Å². The average Bonchev–Trinajstić information content (AvgIpc) is 3.32. The number of thiophene rings is 2. The van der Waals surface area contributed by atoms with Crippen LogP contribution in [0.4, 0.5) is 5.69 Å². The van der Waals surface area contributed by atoms with Crippen LogP contribution >= 0.6 is 22.7 Å². The zero-order valence-electron chi connectivity index (χ0n) is 14.5. The van der Waals surface area contributed by atoms with Gasteiger partial charge in [0, 0.05) is 17.5 Å². The Morgan fingerprint density at radius 1 is 1.15 bits per heavy atom. The smallest absolute Gasteiger partial charge is 0.284 e. The molecular formula is C20H16N2O3S2. The maximum Gasteiger partial charge on any atom is 0.284 e.